The summed E-state index contributed by atoms with van der Waals surface area (Å²) in [5, 5.41) is 2.41. The Bertz CT molecular complexity index is 578. The quantitative estimate of drug-likeness (QED) is 0.720. The van der Waals surface area contributed by atoms with Crippen molar-refractivity contribution in [1.29, 1.82) is 0 Å². The zero-order valence-electron chi connectivity index (χ0n) is 10.3. The third kappa shape index (κ3) is 2.30. The summed E-state index contributed by atoms with van der Waals surface area (Å²) in [6, 6.07) is 14.5. The predicted octanol–water partition coefficient (Wildman–Crippen LogP) is 4.35. The van der Waals surface area contributed by atoms with Crippen molar-refractivity contribution in [3.8, 4) is 5.75 Å². The number of hydrogen-bond donors (Lipinski definition) is 0. The van der Waals surface area contributed by atoms with Crippen LogP contribution in [0.25, 0.3) is 10.8 Å². The summed E-state index contributed by atoms with van der Waals surface area (Å²) >= 11 is 0. The van der Waals surface area contributed by atoms with Crippen molar-refractivity contribution in [3.63, 3.8) is 0 Å². The van der Waals surface area contributed by atoms with Gasteiger partial charge in [-0.3, -0.25) is 0 Å². The summed E-state index contributed by atoms with van der Waals surface area (Å²) in [4.78, 5) is 0. The van der Waals surface area contributed by atoms with Crippen LogP contribution in [-0.4, -0.2) is 6.61 Å². The third-order valence-corrected chi connectivity index (χ3v) is 3.22. The molecular weight excluding hydrogens is 220 g/mol. The molecule has 0 saturated carbocycles. The number of rotatable bonds is 3. The van der Waals surface area contributed by atoms with E-state index >= 15 is 0 Å². The molecule has 18 heavy (non-hydrogen) atoms. The van der Waals surface area contributed by atoms with Gasteiger partial charge in [0.05, 0.1) is 6.61 Å². The Kier molecular flexibility index (Phi) is 3.14. The fraction of sp³-hybridized carbons (Fsp3) is 0.176. The Labute approximate surface area is 107 Å². The van der Waals surface area contributed by atoms with Crippen molar-refractivity contribution in [2.75, 3.05) is 6.61 Å². The Hall–Kier alpha value is -2.02. The monoisotopic (exact) mass is 236 g/mol. The molecule has 1 nitrogen and oxygen atoms in total. The van der Waals surface area contributed by atoms with Gasteiger partial charge in [-0.05, 0) is 17.9 Å². The van der Waals surface area contributed by atoms with E-state index in [1.165, 1.54) is 10.8 Å². The average Bonchev–Trinajstić information content (AvgIpc) is 2.46. The van der Waals surface area contributed by atoms with Gasteiger partial charge in [0.1, 0.15) is 5.75 Å². The number of hydrogen-bond acceptors (Lipinski definition) is 1. The minimum atomic E-state index is 0.401. The van der Waals surface area contributed by atoms with E-state index in [0.717, 1.165) is 12.2 Å². The molecule has 0 N–H and O–H groups in total. The van der Waals surface area contributed by atoms with Crippen molar-refractivity contribution in [3.05, 3.63) is 66.8 Å². The van der Waals surface area contributed by atoms with E-state index in [4.69, 9.17) is 4.74 Å². The molecule has 90 valence electrons. The van der Waals surface area contributed by atoms with Crippen LogP contribution in [0.5, 0.6) is 5.75 Å². The van der Waals surface area contributed by atoms with Crippen LogP contribution in [0.1, 0.15) is 6.42 Å². The van der Waals surface area contributed by atoms with Gasteiger partial charge in [0.15, 0.2) is 0 Å². The van der Waals surface area contributed by atoms with Gasteiger partial charge < -0.3 is 4.74 Å². The molecule has 2 aromatic rings. The van der Waals surface area contributed by atoms with E-state index in [1.807, 2.05) is 12.1 Å². The van der Waals surface area contributed by atoms with Crippen LogP contribution in [0.15, 0.2) is 66.8 Å². The van der Waals surface area contributed by atoms with Gasteiger partial charge in [-0.25, -0.2) is 0 Å². The summed E-state index contributed by atoms with van der Waals surface area (Å²) in [5.74, 6) is 1.37. The summed E-state index contributed by atoms with van der Waals surface area (Å²) in [6.45, 7) is 0.709. The van der Waals surface area contributed by atoms with Crippen molar-refractivity contribution in [2.45, 2.75) is 6.42 Å². The Balaban J connectivity index is 1.80. The summed E-state index contributed by atoms with van der Waals surface area (Å²) < 4.78 is 5.96. The lowest BCUT2D eigenvalue weighted by atomic mass is 10.0. The zero-order chi connectivity index (χ0) is 12.2. The average molecular weight is 236 g/mol. The van der Waals surface area contributed by atoms with Crippen LogP contribution in [0, 0.1) is 5.92 Å². The fourth-order valence-corrected chi connectivity index (χ4v) is 2.27. The first-order valence-electron chi connectivity index (χ1n) is 6.37. The summed E-state index contributed by atoms with van der Waals surface area (Å²) in [7, 11) is 0. The number of allylic oxidation sites excluding steroid dienone is 2. The highest BCUT2D eigenvalue weighted by Gasteiger charge is 2.06. The fourth-order valence-electron chi connectivity index (χ4n) is 2.27. The van der Waals surface area contributed by atoms with Gasteiger partial charge in [0.25, 0.3) is 0 Å². The van der Waals surface area contributed by atoms with Crippen LogP contribution in [0.3, 0.4) is 0 Å². The molecule has 0 aromatic heterocycles. The molecule has 2 aromatic carbocycles. The van der Waals surface area contributed by atoms with E-state index in [-0.39, 0.29) is 0 Å². The second-order valence-electron chi connectivity index (χ2n) is 4.54. The van der Waals surface area contributed by atoms with Gasteiger partial charge in [0, 0.05) is 11.3 Å². The lowest BCUT2D eigenvalue weighted by Gasteiger charge is -2.14. The highest BCUT2D eigenvalue weighted by molar-refractivity contribution is 5.88. The van der Waals surface area contributed by atoms with Crippen molar-refractivity contribution in [1.82, 2.24) is 0 Å². The molecule has 0 unspecified atom stereocenters. The van der Waals surface area contributed by atoms with Crippen LogP contribution in [0.2, 0.25) is 0 Å². The Morgan fingerprint density at radius 3 is 2.61 bits per heavy atom. The standard InChI is InChI=1S/C17H16O/c1-2-7-14(8-3-1)13-18-17-12-6-10-15-9-4-5-11-16(15)17/h2-12,14H,1,13H2. The molecule has 0 spiro atoms. The smallest absolute Gasteiger partial charge is 0.127 e. The Morgan fingerprint density at radius 1 is 0.944 bits per heavy atom. The predicted molar refractivity (Wildman–Crippen MR) is 75.8 cm³/mol. The van der Waals surface area contributed by atoms with Crippen molar-refractivity contribution >= 4 is 10.8 Å². The van der Waals surface area contributed by atoms with Crippen molar-refractivity contribution < 1.29 is 4.74 Å². The highest BCUT2D eigenvalue weighted by Crippen LogP contribution is 2.25. The van der Waals surface area contributed by atoms with E-state index in [2.05, 4.69) is 54.6 Å². The SMILES string of the molecule is C1=CC(COc2cccc3ccccc23)C=CC1. The normalized spacial score (nSPS) is 15.1. The first-order valence-corrected chi connectivity index (χ1v) is 6.37. The highest BCUT2D eigenvalue weighted by atomic mass is 16.5. The first-order chi connectivity index (χ1) is 8.93. The lowest BCUT2D eigenvalue weighted by molar-refractivity contribution is 0.299. The second kappa shape index (κ2) is 5.09. The molecule has 0 radical (unpaired) electrons. The van der Waals surface area contributed by atoms with Gasteiger partial charge in [-0.2, -0.15) is 0 Å². The second-order valence-corrected chi connectivity index (χ2v) is 4.54. The molecule has 0 amide bonds. The largest absolute Gasteiger partial charge is 0.492 e. The molecule has 0 fully saturated rings. The van der Waals surface area contributed by atoms with E-state index in [9.17, 15) is 0 Å². The van der Waals surface area contributed by atoms with Gasteiger partial charge >= 0.3 is 0 Å². The maximum atomic E-state index is 5.96. The van der Waals surface area contributed by atoms with Crippen LogP contribution < -0.4 is 4.74 Å². The minimum Gasteiger partial charge on any atom is -0.492 e. The number of fused-ring (bicyclic) bond motifs is 1. The van der Waals surface area contributed by atoms with Gasteiger partial charge in [-0.1, -0.05) is 60.7 Å². The molecule has 0 heterocycles. The summed E-state index contributed by atoms with van der Waals surface area (Å²) in [5.41, 5.74) is 0. The minimum absolute atomic E-state index is 0.401. The molecule has 0 saturated heterocycles. The van der Waals surface area contributed by atoms with Crippen LogP contribution >= 0.6 is 0 Å². The maximum absolute atomic E-state index is 5.96. The first kappa shape index (κ1) is 11.1. The number of ether oxygens (including phenoxy) is 1. The van der Waals surface area contributed by atoms with E-state index < -0.39 is 0 Å². The Morgan fingerprint density at radius 2 is 1.72 bits per heavy atom. The van der Waals surface area contributed by atoms with Crippen molar-refractivity contribution in [2.24, 2.45) is 5.92 Å². The molecular formula is C17H16O. The molecule has 1 heteroatoms. The molecule has 1 aliphatic rings. The number of benzene rings is 2. The molecule has 0 aliphatic heterocycles. The van der Waals surface area contributed by atoms with Crippen LogP contribution in [-0.2, 0) is 0 Å². The molecule has 1 aliphatic carbocycles. The molecule has 0 bridgehead atoms. The molecule has 3 rings (SSSR count). The topological polar surface area (TPSA) is 9.23 Å². The summed E-state index contributed by atoms with van der Waals surface area (Å²) in [6.07, 6.45) is 9.86. The van der Waals surface area contributed by atoms with Gasteiger partial charge in [-0.15, -0.1) is 0 Å². The van der Waals surface area contributed by atoms with E-state index in [1.54, 1.807) is 0 Å². The zero-order valence-corrected chi connectivity index (χ0v) is 10.3. The third-order valence-electron chi connectivity index (χ3n) is 3.22. The molecule has 0 atom stereocenters. The van der Waals surface area contributed by atoms with Crippen LogP contribution in [0.4, 0.5) is 0 Å². The maximum Gasteiger partial charge on any atom is 0.127 e. The van der Waals surface area contributed by atoms with Gasteiger partial charge in [0.2, 0.25) is 0 Å². The lowest BCUT2D eigenvalue weighted by Crippen LogP contribution is -2.08. The van der Waals surface area contributed by atoms with E-state index in [0.29, 0.717) is 12.5 Å².